The van der Waals surface area contributed by atoms with Crippen molar-refractivity contribution >= 4 is 18.1 Å². The van der Waals surface area contributed by atoms with Gasteiger partial charge in [0.05, 0.1) is 24.1 Å². The average Bonchev–Trinajstić information content (AvgIpc) is 3.23. The van der Waals surface area contributed by atoms with Crippen LogP contribution < -0.4 is 0 Å². The summed E-state index contributed by atoms with van der Waals surface area (Å²) in [6.07, 6.45) is 6.44. The van der Waals surface area contributed by atoms with Crippen molar-refractivity contribution in [1.29, 1.82) is 0 Å². The van der Waals surface area contributed by atoms with Crippen molar-refractivity contribution in [1.82, 2.24) is 14.7 Å². The number of rotatable bonds is 3. The van der Waals surface area contributed by atoms with E-state index in [1.165, 1.54) is 22.6 Å². The smallest absolute Gasteiger partial charge is 0.411 e. The highest BCUT2D eigenvalue weighted by Crippen LogP contribution is 2.56. The van der Waals surface area contributed by atoms with Gasteiger partial charge < -0.3 is 9.84 Å². The van der Waals surface area contributed by atoms with Gasteiger partial charge in [0, 0.05) is 5.41 Å². The van der Waals surface area contributed by atoms with Crippen molar-refractivity contribution in [2.45, 2.75) is 38.2 Å². The maximum atomic E-state index is 13.3. The fraction of sp³-hybridized carbons (Fsp3) is 0.409. The molecule has 0 unspecified atom stereocenters. The number of hydrogen-bond acceptors (Lipinski definition) is 4. The minimum absolute atomic E-state index is 0.271. The largest absolute Gasteiger partial charge is 0.480 e. The lowest BCUT2D eigenvalue weighted by Gasteiger charge is -2.51. The third-order valence-electron chi connectivity index (χ3n) is 6.87. The van der Waals surface area contributed by atoms with Crippen LogP contribution in [0.5, 0.6) is 0 Å². The SMILES string of the molecule is C[C@]12Cc3cnn(-c4ccc(F)cc4)c3C=C1CCC[C@@]21CN(CC(=O)O)C(=O)O1. The third-order valence-corrected chi connectivity index (χ3v) is 6.87. The molecule has 2 fully saturated rings. The van der Waals surface area contributed by atoms with Crippen LogP contribution in [-0.2, 0) is 16.0 Å². The number of carbonyl (C=O) groups is 2. The zero-order valence-corrected chi connectivity index (χ0v) is 16.6. The van der Waals surface area contributed by atoms with E-state index in [-0.39, 0.29) is 18.9 Å². The number of aromatic nitrogens is 2. The van der Waals surface area contributed by atoms with Crippen molar-refractivity contribution in [2.24, 2.45) is 5.41 Å². The van der Waals surface area contributed by atoms with E-state index in [9.17, 15) is 14.0 Å². The zero-order valence-electron chi connectivity index (χ0n) is 16.6. The molecule has 1 saturated carbocycles. The Balaban J connectivity index is 1.53. The Morgan fingerprint density at radius 1 is 1.33 bits per heavy atom. The van der Waals surface area contributed by atoms with Crippen LogP contribution in [0.2, 0.25) is 0 Å². The molecule has 1 N–H and O–H groups in total. The Hall–Kier alpha value is -3.16. The van der Waals surface area contributed by atoms with Crippen LogP contribution >= 0.6 is 0 Å². The lowest BCUT2D eigenvalue weighted by molar-refractivity contribution is -0.137. The van der Waals surface area contributed by atoms with Gasteiger partial charge in [0.1, 0.15) is 18.0 Å². The van der Waals surface area contributed by atoms with Gasteiger partial charge in [0.2, 0.25) is 0 Å². The van der Waals surface area contributed by atoms with Crippen LogP contribution in [0.15, 0.2) is 36.0 Å². The summed E-state index contributed by atoms with van der Waals surface area (Å²) in [4.78, 5) is 24.9. The second-order valence-corrected chi connectivity index (χ2v) is 8.59. The van der Waals surface area contributed by atoms with Gasteiger partial charge in [0.25, 0.3) is 0 Å². The minimum atomic E-state index is -1.05. The fourth-order valence-electron chi connectivity index (χ4n) is 5.27. The number of amides is 1. The van der Waals surface area contributed by atoms with Gasteiger partial charge in [-0.15, -0.1) is 0 Å². The van der Waals surface area contributed by atoms with Gasteiger partial charge in [-0.1, -0.05) is 12.5 Å². The van der Waals surface area contributed by atoms with E-state index in [1.54, 1.807) is 16.8 Å². The summed E-state index contributed by atoms with van der Waals surface area (Å²) in [5, 5.41) is 13.7. The van der Waals surface area contributed by atoms with Crippen LogP contribution in [0.25, 0.3) is 11.8 Å². The molecule has 3 aliphatic rings. The highest BCUT2D eigenvalue weighted by atomic mass is 19.1. The summed E-state index contributed by atoms with van der Waals surface area (Å²) in [7, 11) is 0. The lowest BCUT2D eigenvalue weighted by atomic mass is 9.57. The molecule has 2 heterocycles. The van der Waals surface area contributed by atoms with Gasteiger partial charge in [-0.05, 0) is 61.6 Å². The highest BCUT2D eigenvalue weighted by Gasteiger charge is 2.61. The first-order chi connectivity index (χ1) is 14.3. The molecule has 1 spiro atoms. The molecule has 2 aromatic rings. The molecule has 8 heteroatoms. The van der Waals surface area contributed by atoms with Crippen LogP contribution in [0, 0.1) is 11.2 Å². The summed E-state index contributed by atoms with van der Waals surface area (Å²) in [6, 6.07) is 6.21. The second kappa shape index (κ2) is 6.42. The number of ether oxygens (including phenoxy) is 1. The summed E-state index contributed by atoms with van der Waals surface area (Å²) in [5.41, 5.74) is 2.76. The van der Waals surface area contributed by atoms with Crippen LogP contribution in [-0.4, -0.2) is 50.5 Å². The Morgan fingerprint density at radius 3 is 2.83 bits per heavy atom. The summed E-state index contributed by atoms with van der Waals surface area (Å²) < 4.78 is 21.0. The quantitative estimate of drug-likeness (QED) is 0.837. The molecular weight excluding hydrogens is 389 g/mol. The van der Waals surface area contributed by atoms with Crippen molar-refractivity contribution in [3.63, 3.8) is 0 Å². The first kappa shape index (κ1) is 18.8. The third kappa shape index (κ3) is 2.66. The summed E-state index contributed by atoms with van der Waals surface area (Å²) >= 11 is 0. The molecule has 1 aromatic carbocycles. The normalized spacial score (nSPS) is 27.5. The van der Waals surface area contributed by atoms with E-state index in [0.717, 1.165) is 29.8 Å². The number of carbonyl (C=O) groups excluding carboxylic acids is 1. The molecule has 0 bridgehead atoms. The molecule has 2 atom stereocenters. The molecule has 156 valence electrons. The number of benzene rings is 1. The molecule has 1 amide bonds. The van der Waals surface area contributed by atoms with E-state index >= 15 is 0 Å². The molecule has 7 nitrogen and oxygen atoms in total. The van der Waals surface area contributed by atoms with Crippen molar-refractivity contribution in [3.05, 3.63) is 53.1 Å². The van der Waals surface area contributed by atoms with Crippen molar-refractivity contribution in [2.75, 3.05) is 13.1 Å². The van der Waals surface area contributed by atoms with E-state index in [0.29, 0.717) is 12.8 Å². The predicted octanol–water partition coefficient (Wildman–Crippen LogP) is 3.42. The first-order valence-corrected chi connectivity index (χ1v) is 10.0. The van der Waals surface area contributed by atoms with E-state index in [1.807, 2.05) is 6.20 Å². The number of aliphatic carboxylic acids is 1. The summed E-state index contributed by atoms with van der Waals surface area (Å²) in [6.45, 7) is 2.02. The molecule has 1 saturated heterocycles. The Morgan fingerprint density at radius 2 is 2.10 bits per heavy atom. The lowest BCUT2D eigenvalue weighted by Crippen LogP contribution is -2.55. The van der Waals surface area contributed by atoms with E-state index in [4.69, 9.17) is 9.84 Å². The van der Waals surface area contributed by atoms with Gasteiger partial charge in [-0.2, -0.15) is 5.10 Å². The standard InChI is InChI=1S/C22H22FN3O4/c1-21-10-14-11-24-26(17-6-4-16(23)5-7-17)18(14)9-15(21)3-2-8-22(21)13-25(12-19(27)28)20(29)30-22/h4-7,9,11H,2-3,8,10,12-13H2,1H3,(H,27,28)/t21-,22+/m0/s1. The van der Waals surface area contributed by atoms with E-state index in [2.05, 4.69) is 18.1 Å². The summed E-state index contributed by atoms with van der Waals surface area (Å²) in [5.74, 6) is -1.35. The van der Waals surface area contributed by atoms with Gasteiger partial charge in [-0.25, -0.2) is 13.9 Å². The molecule has 30 heavy (non-hydrogen) atoms. The van der Waals surface area contributed by atoms with Crippen LogP contribution in [0.4, 0.5) is 9.18 Å². The molecule has 1 aliphatic heterocycles. The monoisotopic (exact) mass is 411 g/mol. The van der Waals surface area contributed by atoms with Crippen molar-refractivity contribution < 1.29 is 23.8 Å². The molecule has 1 aromatic heterocycles. The topological polar surface area (TPSA) is 84.7 Å². The zero-order chi connectivity index (χ0) is 21.1. The number of nitrogens with zero attached hydrogens (tertiary/aromatic N) is 3. The number of carboxylic acids is 1. The van der Waals surface area contributed by atoms with Gasteiger partial charge in [-0.3, -0.25) is 9.69 Å². The molecular formula is C22H22FN3O4. The predicted molar refractivity (Wildman–Crippen MR) is 106 cm³/mol. The Bertz CT molecular complexity index is 1080. The number of carboxylic acid groups (broad SMARTS) is 1. The number of halogens is 1. The Labute approximate surface area is 172 Å². The van der Waals surface area contributed by atoms with Gasteiger partial charge >= 0.3 is 12.1 Å². The average molecular weight is 411 g/mol. The first-order valence-electron chi connectivity index (χ1n) is 10.0. The maximum absolute atomic E-state index is 13.3. The van der Waals surface area contributed by atoms with Crippen LogP contribution in [0.1, 0.15) is 37.4 Å². The van der Waals surface area contributed by atoms with E-state index < -0.39 is 23.1 Å². The second-order valence-electron chi connectivity index (χ2n) is 8.59. The minimum Gasteiger partial charge on any atom is -0.480 e. The number of fused-ring (bicyclic) bond motifs is 3. The van der Waals surface area contributed by atoms with Gasteiger partial charge in [0.15, 0.2) is 0 Å². The molecule has 0 radical (unpaired) electrons. The van der Waals surface area contributed by atoms with Crippen LogP contribution in [0.3, 0.4) is 0 Å². The van der Waals surface area contributed by atoms with Crippen molar-refractivity contribution in [3.8, 4) is 5.69 Å². The highest BCUT2D eigenvalue weighted by molar-refractivity contribution is 5.79. The number of hydrogen-bond donors (Lipinski definition) is 1. The maximum Gasteiger partial charge on any atom is 0.411 e. The Kier molecular flexibility index (Phi) is 4.03. The molecule has 2 aliphatic carbocycles. The molecule has 5 rings (SSSR count). The fourth-order valence-corrected chi connectivity index (χ4v) is 5.27.